The second kappa shape index (κ2) is 8.05. The summed E-state index contributed by atoms with van der Waals surface area (Å²) in [5.74, 6) is 0. The first-order valence-electron chi connectivity index (χ1n) is 7.41. The van der Waals surface area contributed by atoms with Gasteiger partial charge in [0.2, 0.25) is 0 Å². The maximum atomic E-state index is 2.49. The van der Waals surface area contributed by atoms with Gasteiger partial charge in [0.25, 0.3) is 0 Å². The molecule has 2 aliphatic carbocycles. The van der Waals surface area contributed by atoms with Crippen molar-refractivity contribution in [1.82, 2.24) is 0 Å². The maximum Gasteiger partial charge on any atom is -1.00 e. The summed E-state index contributed by atoms with van der Waals surface area (Å²) in [6.07, 6.45) is 8.47. The molecule has 0 aliphatic heterocycles. The Morgan fingerprint density at radius 1 is 1.09 bits per heavy atom. The molecule has 1 atom stereocenters. The molecule has 0 N–H and O–H groups in total. The smallest absolute Gasteiger partial charge is 1.00 e. The molecule has 0 saturated carbocycles. The van der Waals surface area contributed by atoms with E-state index in [1.165, 1.54) is 17.6 Å². The van der Waals surface area contributed by atoms with Gasteiger partial charge in [0, 0.05) is 0 Å². The largest absolute Gasteiger partial charge is 1.00 e. The van der Waals surface area contributed by atoms with Crippen LogP contribution in [0.2, 0.25) is 0 Å². The number of allylic oxidation sites excluding steroid dienone is 5. The van der Waals surface area contributed by atoms with E-state index in [9.17, 15) is 0 Å². The van der Waals surface area contributed by atoms with E-state index in [-0.39, 0.29) is 24.8 Å². The summed E-state index contributed by atoms with van der Waals surface area (Å²) < 4.78 is 4.25. The van der Waals surface area contributed by atoms with E-state index in [2.05, 4.69) is 70.2 Å². The van der Waals surface area contributed by atoms with Crippen LogP contribution in [-0.4, -0.2) is 3.21 Å². The van der Waals surface area contributed by atoms with Crippen molar-refractivity contribution in [2.24, 2.45) is 0 Å². The first-order valence-corrected chi connectivity index (χ1v) is 11.3. The molecule has 0 spiro atoms. The number of benzene rings is 1. The molecule has 0 heterocycles. The van der Waals surface area contributed by atoms with Crippen LogP contribution >= 0.6 is 0 Å². The van der Waals surface area contributed by atoms with E-state index < -0.39 is 21.3 Å². The maximum absolute atomic E-state index is 2.49. The summed E-state index contributed by atoms with van der Waals surface area (Å²) in [4.78, 5) is 0. The quantitative estimate of drug-likeness (QED) is 0.598. The molecule has 1 aromatic rings. The standard InChI is InChI=1S/C9H7.C7H9.C3H6.2ClH.Zr/c1-2-5-9-7-3-6-8(9)4-1;1-6-4-3-5-7(6)2;1-3-2;;;/h1-7H;4H,3H2,1-2H3;1-2H3;2*1H;/q;;;;;+2/p-2. The molecular weight excluding hydrogens is 390 g/mol. The van der Waals surface area contributed by atoms with Crippen molar-refractivity contribution in [3.8, 4) is 0 Å². The van der Waals surface area contributed by atoms with Crippen LogP contribution in [0, 0.1) is 0 Å². The molecule has 0 radical (unpaired) electrons. The zero-order chi connectivity index (χ0) is 14.3. The molecular formula is C19H22Cl2Zr. The molecule has 22 heavy (non-hydrogen) atoms. The summed E-state index contributed by atoms with van der Waals surface area (Å²) in [6.45, 7) is 9.35. The summed E-state index contributed by atoms with van der Waals surface area (Å²) in [5.41, 5.74) is 6.12. The Morgan fingerprint density at radius 3 is 2.36 bits per heavy atom. The summed E-state index contributed by atoms with van der Waals surface area (Å²) in [5, 5.41) is 0. The van der Waals surface area contributed by atoms with Crippen LogP contribution in [0.15, 0.2) is 50.8 Å². The van der Waals surface area contributed by atoms with Gasteiger partial charge in [0.15, 0.2) is 0 Å². The van der Waals surface area contributed by atoms with E-state index in [1.54, 1.807) is 14.3 Å². The minimum Gasteiger partial charge on any atom is -1.00 e. The Kier molecular flexibility index (Phi) is 7.25. The third-order valence-electron chi connectivity index (χ3n) is 4.63. The van der Waals surface area contributed by atoms with Crippen LogP contribution in [0.4, 0.5) is 0 Å². The number of hydrogen-bond acceptors (Lipinski definition) is 0. The molecule has 1 unspecified atom stereocenters. The molecule has 116 valence electrons. The molecule has 0 fully saturated rings. The number of fused-ring (bicyclic) bond motifs is 1. The molecule has 0 bridgehead atoms. The van der Waals surface area contributed by atoms with Crippen molar-refractivity contribution in [2.75, 3.05) is 0 Å². The van der Waals surface area contributed by atoms with E-state index >= 15 is 0 Å². The predicted molar refractivity (Wildman–Crippen MR) is 85.6 cm³/mol. The fourth-order valence-corrected chi connectivity index (χ4v) is 11.7. The van der Waals surface area contributed by atoms with E-state index in [1.807, 2.05) is 3.28 Å². The van der Waals surface area contributed by atoms with Gasteiger partial charge in [-0.3, -0.25) is 0 Å². The van der Waals surface area contributed by atoms with Crippen LogP contribution < -0.4 is 24.8 Å². The van der Waals surface area contributed by atoms with Gasteiger partial charge in [-0.15, -0.1) is 0 Å². The molecule has 0 nitrogen and oxygen atoms in total. The first-order chi connectivity index (χ1) is 9.59. The predicted octanol–water partition coefficient (Wildman–Crippen LogP) is -0.783. The Bertz CT molecular complexity index is 689. The molecule has 0 aromatic heterocycles. The van der Waals surface area contributed by atoms with Crippen molar-refractivity contribution in [1.29, 1.82) is 0 Å². The van der Waals surface area contributed by atoms with Gasteiger partial charge in [-0.25, -0.2) is 0 Å². The Hall–Kier alpha value is -0.227. The van der Waals surface area contributed by atoms with Crippen molar-refractivity contribution in [2.45, 2.75) is 37.7 Å². The zero-order valence-corrected chi connectivity index (χ0v) is 17.6. The second-order valence-electron chi connectivity index (χ2n) is 6.07. The monoisotopic (exact) mass is 410 g/mol. The Morgan fingerprint density at radius 2 is 1.77 bits per heavy atom. The van der Waals surface area contributed by atoms with Crippen molar-refractivity contribution >= 4 is 9.28 Å². The van der Waals surface area contributed by atoms with Crippen LogP contribution in [-0.2, 0) is 21.3 Å². The SMILES string of the molecule is CC1=CC[C]([Zr+2](=[C](C)C)[CH]2C=Cc3ccccc32)=C1C.[Cl-].[Cl-]. The van der Waals surface area contributed by atoms with Gasteiger partial charge in [-0.2, -0.15) is 0 Å². The van der Waals surface area contributed by atoms with Gasteiger partial charge < -0.3 is 24.8 Å². The van der Waals surface area contributed by atoms with Gasteiger partial charge in [0.05, 0.1) is 0 Å². The Balaban J connectivity index is 0.00000121. The third-order valence-corrected chi connectivity index (χ3v) is 13.1. The van der Waals surface area contributed by atoms with Crippen LogP contribution in [0.25, 0.3) is 6.08 Å². The molecule has 1 aromatic carbocycles. The van der Waals surface area contributed by atoms with Gasteiger partial charge in [-0.05, 0) is 0 Å². The first kappa shape index (κ1) is 19.8. The second-order valence-corrected chi connectivity index (χ2v) is 13.6. The van der Waals surface area contributed by atoms with Crippen molar-refractivity contribution < 1.29 is 46.1 Å². The van der Waals surface area contributed by atoms with Gasteiger partial charge >= 0.3 is 130 Å². The minimum absolute atomic E-state index is 0. The zero-order valence-electron chi connectivity index (χ0n) is 13.6. The normalized spacial score (nSPS) is 18.0. The fraction of sp³-hybridized carbons (Fsp3) is 0.316. The van der Waals surface area contributed by atoms with Crippen molar-refractivity contribution in [3.63, 3.8) is 0 Å². The molecule has 3 heteroatoms. The molecule has 3 rings (SSSR count). The van der Waals surface area contributed by atoms with Crippen LogP contribution in [0.5, 0.6) is 0 Å². The Labute approximate surface area is 154 Å². The van der Waals surface area contributed by atoms with E-state index in [0.717, 1.165) is 0 Å². The van der Waals surface area contributed by atoms with Gasteiger partial charge in [-0.1, -0.05) is 0 Å². The summed E-state index contributed by atoms with van der Waals surface area (Å²) in [6, 6.07) is 8.96. The van der Waals surface area contributed by atoms with E-state index in [0.29, 0.717) is 3.63 Å². The van der Waals surface area contributed by atoms with Crippen molar-refractivity contribution in [3.05, 3.63) is 62.0 Å². The summed E-state index contributed by atoms with van der Waals surface area (Å²) >= 11 is -1.77. The average Bonchev–Trinajstić information content (AvgIpc) is 2.98. The number of halogens is 2. The number of rotatable bonds is 2. The van der Waals surface area contributed by atoms with Crippen LogP contribution in [0.1, 0.15) is 48.9 Å². The van der Waals surface area contributed by atoms with Crippen LogP contribution in [0.3, 0.4) is 0 Å². The van der Waals surface area contributed by atoms with Gasteiger partial charge in [0.1, 0.15) is 0 Å². The third kappa shape index (κ3) is 3.48. The van der Waals surface area contributed by atoms with E-state index in [4.69, 9.17) is 0 Å². The number of hydrogen-bond donors (Lipinski definition) is 0. The molecule has 0 saturated heterocycles. The molecule has 2 aliphatic rings. The summed E-state index contributed by atoms with van der Waals surface area (Å²) in [7, 11) is 0. The minimum atomic E-state index is -1.77. The molecule has 0 amide bonds. The average molecular weight is 413 g/mol. The fourth-order valence-electron chi connectivity index (χ4n) is 3.41. The topological polar surface area (TPSA) is 0 Å².